The Morgan fingerprint density at radius 2 is 1.95 bits per heavy atom. The summed E-state index contributed by atoms with van der Waals surface area (Å²) >= 11 is 0. The van der Waals surface area contributed by atoms with Crippen molar-refractivity contribution in [2.24, 2.45) is 0 Å². The van der Waals surface area contributed by atoms with E-state index in [2.05, 4.69) is 0 Å². The number of aryl methyl sites for hydroxylation is 1. The lowest BCUT2D eigenvalue weighted by Gasteiger charge is -2.09. The van der Waals surface area contributed by atoms with Crippen molar-refractivity contribution < 1.29 is 18.3 Å². The number of rotatable bonds is 4. The molecule has 2 aromatic carbocycles. The Balaban J connectivity index is 2.14. The molecule has 0 heterocycles. The summed E-state index contributed by atoms with van der Waals surface area (Å²) in [4.78, 5) is 10.5. The highest BCUT2D eigenvalue weighted by Crippen LogP contribution is 2.20. The minimum absolute atomic E-state index is 0.0364. The molecule has 98 valence electrons. The SMILES string of the molecule is Cc1ccc(F)cc1COc1ccc(C=O)cc1F. The summed E-state index contributed by atoms with van der Waals surface area (Å²) < 4.78 is 31.9. The van der Waals surface area contributed by atoms with Crippen molar-refractivity contribution in [1.29, 1.82) is 0 Å². The van der Waals surface area contributed by atoms with Crippen molar-refractivity contribution in [3.8, 4) is 5.75 Å². The van der Waals surface area contributed by atoms with Gasteiger partial charge >= 0.3 is 0 Å². The zero-order valence-corrected chi connectivity index (χ0v) is 10.3. The predicted molar refractivity (Wildman–Crippen MR) is 67.3 cm³/mol. The lowest BCUT2D eigenvalue weighted by Crippen LogP contribution is -2.00. The fourth-order valence-electron chi connectivity index (χ4n) is 1.66. The first kappa shape index (κ1) is 13.2. The van der Waals surface area contributed by atoms with Crippen LogP contribution in [0.2, 0.25) is 0 Å². The van der Waals surface area contributed by atoms with Crippen molar-refractivity contribution in [3.05, 3.63) is 64.7 Å². The lowest BCUT2D eigenvalue weighted by molar-refractivity contribution is 0.112. The van der Waals surface area contributed by atoms with Crippen molar-refractivity contribution in [2.75, 3.05) is 0 Å². The van der Waals surface area contributed by atoms with Gasteiger partial charge in [-0.1, -0.05) is 6.07 Å². The first-order valence-corrected chi connectivity index (χ1v) is 5.72. The highest BCUT2D eigenvalue weighted by molar-refractivity contribution is 5.74. The summed E-state index contributed by atoms with van der Waals surface area (Å²) in [6, 6.07) is 8.30. The van der Waals surface area contributed by atoms with Crippen molar-refractivity contribution >= 4 is 6.29 Å². The molecular weight excluding hydrogens is 250 g/mol. The molecule has 0 bridgehead atoms. The Kier molecular flexibility index (Phi) is 3.90. The number of carbonyl (C=O) groups is 1. The molecule has 4 heteroatoms. The van der Waals surface area contributed by atoms with Gasteiger partial charge in [-0.3, -0.25) is 4.79 Å². The van der Waals surface area contributed by atoms with Gasteiger partial charge in [-0.05, 0) is 48.4 Å². The van der Waals surface area contributed by atoms with Crippen LogP contribution in [0.3, 0.4) is 0 Å². The number of carbonyl (C=O) groups excluding carboxylic acids is 1. The molecule has 0 saturated carbocycles. The van der Waals surface area contributed by atoms with Crippen LogP contribution in [-0.2, 0) is 6.61 Å². The Morgan fingerprint density at radius 3 is 2.63 bits per heavy atom. The topological polar surface area (TPSA) is 26.3 Å². The number of hydrogen-bond donors (Lipinski definition) is 0. The maximum absolute atomic E-state index is 13.6. The van der Waals surface area contributed by atoms with Crippen LogP contribution in [0.1, 0.15) is 21.5 Å². The third-order valence-electron chi connectivity index (χ3n) is 2.79. The summed E-state index contributed by atoms with van der Waals surface area (Å²) in [6.45, 7) is 1.89. The van der Waals surface area contributed by atoms with E-state index in [4.69, 9.17) is 4.74 Å². The van der Waals surface area contributed by atoms with Gasteiger partial charge < -0.3 is 4.74 Å². The molecule has 0 aliphatic rings. The summed E-state index contributed by atoms with van der Waals surface area (Å²) in [5, 5.41) is 0. The Labute approximate surface area is 109 Å². The van der Waals surface area contributed by atoms with Gasteiger partial charge in [0.15, 0.2) is 11.6 Å². The van der Waals surface area contributed by atoms with Crippen LogP contribution < -0.4 is 4.74 Å². The Hall–Kier alpha value is -2.23. The van der Waals surface area contributed by atoms with E-state index in [1.807, 2.05) is 6.92 Å². The molecule has 2 nitrogen and oxygen atoms in total. The van der Waals surface area contributed by atoms with Crippen LogP contribution in [0.15, 0.2) is 36.4 Å². The number of aldehydes is 1. The minimum Gasteiger partial charge on any atom is -0.486 e. The maximum atomic E-state index is 13.6. The first-order chi connectivity index (χ1) is 9.10. The average Bonchev–Trinajstić information content (AvgIpc) is 2.40. The van der Waals surface area contributed by atoms with Gasteiger partial charge in [-0.25, -0.2) is 8.78 Å². The predicted octanol–water partition coefficient (Wildman–Crippen LogP) is 3.66. The molecule has 0 N–H and O–H groups in total. The number of ether oxygens (including phenoxy) is 1. The molecule has 0 aromatic heterocycles. The van der Waals surface area contributed by atoms with E-state index in [0.29, 0.717) is 11.8 Å². The molecule has 2 rings (SSSR count). The van der Waals surface area contributed by atoms with Crippen LogP contribution in [-0.4, -0.2) is 6.29 Å². The van der Waals surface area contributed by atoms with Gasteiger partial charge in [0.25, 0.3) is 0 Å². The smallest absolute Gasteiger partial charge is 0.165 e. The number of hydrogen-bond acceptors (Lipinski definition) is 2. The number of benzene rings is 2. The highest BCUT2D eigenvalue weighted by Gasteiger charge is 2.06. The molecule has 0 spiro atoms. The van der Waals surface area contributed by atoms with E-state index >= 15 is 0 Å². The van der Waals surface area contributed by atoms with Crippen molar-refractivity contribution in [3.63, 3.8) is 0 Å². The summed E-state index contributed by atoms with van der Waals surface area (Å²) in [5.41, 5.74) is 1.76. The quantitative estimate of drug-likeness (QED) is 0.786. The van der Waals surface area contributed by atoms with Gasteiger partial charge in [0, 0.05) is 5.56 Å². The van der Waals surface area contributed by atoms with E-state index in [0.717, 1.165) is 11.6 Å². The normalized spacial score (nSPS) is 10.3. The van der Waals surface area contributed by atoms with Crippen LogP contribution in [0, 0.1) is 18.6 Å². The van der Waals surface area contributed by atoms with E-state index in [-0.39, 0.29) is 23.7 Å². The molecule has 0 atom stereocenters. The largest absolute Gasteiger partial charge is 0.486 e. The third kappa shape index (κ3) is 3.16. The molecule has 0 saturated heterocycles. The maximum Gasteiger partial charge on any atom is 0.165 e. The molecule has 0 aliphatic heterocycles. The molecule has 19 heavy (non-hydrogen) atoms. The second kappa shape index (κ2) is 5.61. The fraction of sp³-hybridized carbons (Fsp3) is 0.133. The zero-order chi connectivity index (χ0) is 13.8. The molecule has 2 aromatic rings. The van der Waals surface area contributed by atoms with E-state index in [1.54, 1.807) is 6.07 Å². The van der Waals surface area contributed by atoms with Gasteiger partial charge in [0.2, 0.25) is 0 Å². The van der Waals surface area contributed by atoms with Gasteiger partial charge in [0.1, 0.15) is 18.7 Å². The standard InChI is InChI=1S/C15H12F2O2/c1-10-2-4-13(16)7-12(10)9-19-15-5-3-11(8-18)6-14(15)17/h2-8H,9H2,1H3. The second-order valence-electron chi connectivity index (χ2n) is 4.17. The second-order valence-corrected chi connectivity index (χ2v) is 4.17. The Morgan fingerprint density at radius 1 is 1.16 bits per heavy atom. The van der Waals surface area contributed by atoms with Gasteiger partial charge in [0.05, 0.1) is 0 Å². The Bertz CT molecular complexity index is 609. The first-order valence-electron chi connectivity index (χ1n) is 5.72. The van der Waals surface area contributed by atoms with Crippen molar-refractivity contribution in [1.82, 2.24) is 0 Å². The summed E-state index contributed by atoms with van der Waals surface area (Å²) in [6.07, 6.45) is 0.559. The van der Waals surface area contributed by atoms with Crippen LogP contribution in [0.25, 0.3) is 0 Å². The molecule has 0 radical (unpaired) electrons. The van der Waals surface area contributed by atoms with Gasteiger partial charge in [-0.15, -0.1) is 0 Å². The molecule has 0 amide bonds. The monoisotopic (exact) mass is 262 g/mol. The molecular formula is C15H12F2O2. The zero-order valence-electron chi connectivity index (χ0n) is 10.3. The molecule has 0 aliphatic carbocycles. The van der Waals surface area contributed by atoms with E-state index in [1.165, 1.54) is 24.3 Å². The summed E-state index contributed by atoms with van der Waals surface area (Å²) in [7, 11) is 0. The third-order valence-corrected chi connectivity index (χ3v) is 2.79. The highest BCUT2D eigenvalue weighted by atomic mass is 19.1. The lowest BCUT2D eigenvalue weighted by atomic mass is 10.1. The van der Waals surface area contributed by atoms with Crippen LogP contribution >= 0.6 is 0 Å². The number of halogens is 2. The van der Waals surface area contributed by atoms with Crippen LogP contribution in [0.4, 0.5) is 8.78 Å². The minimum atomic E-state index is -0.612. The van der Waals surface area contributed by atoms with E-state index < -0.39 is 5.82 Å². The summed E-state index contributed by atoms with van der Waals surface area (Å²) in [5.74, 6) is -0.936. The van der Waals surface area contributed by atoms with Crippen LogP contribution in [0.5, 0.6) is 5.75 Å². The fourth-order valence-corrected chi connectivity index (χ4v) is 1.66. The van der Waals surface area contributed by atoms with E-state index in [9.17, 15) is 13.6 Å². The van der Waals surface area contributed by atoms with Gasteiger partial charge in [-0.2, -0.15) is 0 Å². The van der Waals surface area contributed by atoms with Crippen molar-refractivity contribution in [2.45, 2.75) is 13.5 Å². The molecule has 0 unspecified atom stereocenters. The molecule has 0 fully saturated rings. The average molecular weight is 262 g/mol.